The summed E-state index contributed by atoms with van der Waals surface area (Å²) in [5.74, 6) is 0.268. The molecule has 0 aliphatic carbocycles. The molecule has 0 heterocycles. The van der Waals surface area contributed by atoms with E-state index in [0.29, 0.717) is 21.9 Å². The minimum absolute atomic E-state index is 0.0131. The number of rotatable bonds is 5. The Balaban J connectivity index is 2.27. The molecule has 0 saturated heterocycles. The summed E-state index contributed by atoms with van der Waals surface area (Å²) in [5.41, 5.74) is 1.02. The van der Waals surface area contributed by atoms with Crippen LogP contribution in [0.1, 0.15) is 20.7 Å². The van der Waals surface area contributed by atoms with Gasteiger partial charge >= 0.3 is 0 Å². The van der Waals surface area contributed by atoms with E-state index in [2.05, 4.69) is 15.9 Å². The molecule has 23 heavy (non-hydrogen) atoms. The number of hydrogen-bond donors (Lipinski definition) is 1. The first-order chi connectivity index (χ1) is 10.7. The second-order valence-electron chi connectivity index (χ2n) is 4.69. The van der Waals surface area contributed by atoms with Crippen molar-refractivity contribution >= 4 is 43.3 Å². The van der Waals surface area contributed by atoms with Gasteiger partial charge in [0, 0.05) is 5.56 Å². The van der Waals surface area contributed by atoms with Gasteiger partial charge in [0.2, 0.25) is 10.0 Å². The molecule has 2 aromatic rings. The predicted octanol–water partition coefficient (Wildman–Crippen LogP) is 3.31. The third-order valence-electron chi connectivity index (χ3n) is 3.17. The van der Waals surface area contributed by atoms with E-state index in [1.807, 2.05) is 0 Å². The summed E-state index contributed by atoms with van der Waals surface area (Å²) >= 11 is 9.34. The molecule has 122 valence electrons. The Hall–Kier alpha value is -1.41. The van der Waals surface area contributed by atoms with Gasteiger partial charge in [-0.1, -0.05) is 39.7 Å². The minimum atomic E-state index is -3.76. The average Bonchev–Trinajstić information content (AvgIpc) is 2.52. The molecule has 8 heteroatoms. The molecule has 0 aromatic heterocycles. The summed E-state index contributed by atoms with van der Waals surface area (Å²) < 4.78 is 27.5. The summed E-state index contributed by atoms with van der Waals surface area (Å²) in [5, 5.41) is 5.38. The zero-order valence-electron chi connectivity index (χ0n) is 12.0. The van der Waals surface area contributed by atoms with Gasteiger partial charge in [-0.2, -0.15) is 0 Å². The number of hydrogen-bond acceptors (Lipinski definition) is 4. The van der Waals surface area contributed by atoms with E-state index in [0.717, 1.165) is 0 Å². The second kappa shape index (κ2) is 7.00. The monoisotopic (exact) mass is 417 g/mol. The molecule has 0 spiro atoms. The molecule has 2 rings (SSSR count). The van der Waals surface area contributed by atoms with E-state index in [1.165, 1.54) is 37.4 Å². The first-order valence-electron chi connectivity index (χ1n) is 6.38. The fraction of sp³-hybridized carbons (Fsp3) is 0.133. The Morgan fingerprint density at radius 1 is 1.22 bits per heavy atom. The van der Waals surface area contributed by atoms with Crippen molar-refractivity contribution in [2.75, 3.05) is 7.11 Å². The molecule has 5 nitrogen and oxygen atoms in total. The molecule has 1 unspecified atom stereocenters. The van der Waals surface area contributed by atoms with E-state index in [1.54, 1.807) is 12.1 Å². The number of carbonyl (C=O) groups is 1. The van der Waals surface area contributed by atoms with Crippen LogP contribution in [0.5, 0.6) is 5.75 Å². The highest BCUT2D eigenvalue weighted by Gasteiger charge is 2.20. The second-order valence-corrected chi connectivity index (χ2v) is 7.57. The normalized spacial score (nSPS) is 12.7. The van der Waals surface area contributed by atoms with Crippen molar-refractivity contribution in [2.45, 2.75) is 9.72 Å². The number of Topliss-reactive ketones (excluding diaryl/α,β-unsaturated/α-hetero) is 1. The first-order valence-corrected chi connectivity index (χ1v) is 9.22. The van der Waals surface area contributed by atoms with Gasteiger partial charge in [0.15, 0.2) is 5.78 Å². The number of carbonyl (C=O) groups excluding carboxylic acids is 1. The quantitative estimate of drug-likeness (QED) is 0.596. The number of ether oxygens (including phenoxy) is 1. The molecule has 0 aliphatic rings. The minimum Gasteiger partial charge on any atom is -0.495 e. The number of halogens is 2. The highest BCUT2D eigenvalue weighted by molar-refractivity contribution is 9.09. The van der Waals surface area contributed by atoms with E-state index >= 15 is 0 Å². The summed E-state index contributed by atoms with van der Waals surface area (Å²) in [7, 11) is -2.27. The molecule has 0 saturated carbocycles. The standard InChI is InChI=1S/C15H13BrClNO4S/c1-22-13-7-4-10(8-12(13)17)15(19)14(16)9-2-5-11(6-3-9)23(18,20)21/h2-8,14H,1H3,(H2,18,20,21). The topological polar surface area (TPSA) is 86.5 Å². The van der Waals surface area contributed by atoms with Gasteiger partial charge in [0.25, 0.3) is 0 Å². The lowest BCUT2D eigenvalue weighted by Gasteiger charge is -2.11. The van der Waals surface area contributed by atoms with Gasteiger partial charge in [-0.3, -0.25) is 4.79 Å². The van der Waals surface area contributed by atoms with Crippen molar-refractivity contribution in [3.8, 4) is 5.75 Å². The van der Waals surface area contributed by atoms with Crippen LogP contribution < -0.4 is 9.88 Å². The summed E-state index contributed by atoms with van der Waals surface area (Å²) in [6, 6.07) is 10.5. The molecule has 0 bridgehead atoms. The van der Waals surface area contributed by atoms with Gasteiger partial charge in [-0.25, -0.2) is 13.6 Å². The fourth-order valence-corrected chi connectivity index (χ4v) is 3.29. The van der Waals surface area contributed by atoms with Gasteiger partial charge < -0.3 is 4.74 Å². The van der Waals surface area contributed by atoms with Crippen molar-refractivity contribution < 1.29 is 17.9 Å². The number of alkyl halides is 1. The lowest BCUT2D eigenvalue weighted by Crippen LogP contribution is -2.12. The van der Waals surface area contributed by atoms with Crippen molar-refractivity contribution in [2.24, 2.45) is 5.14 Å². The highest BCUT2D eigenvalue weighted by Crippen LogP contribution is 2.31. The fourth-order valence-electron chi connectivity index (χ4n) is 1.94. The molecular formula is C15H13BrClNO4S. The summed E-state index contributed by atoms with van der Waals surface area (Å²) in [4.78, 5) is 11.8. The SMILES string of the molecule is COc1ccc(C(=O)C(Br)c2ccc(S(N)(=O)=O)cc2)cc1Cl. The molecule has 1 atom stereocenters. The molecule has 0 amide bonds. The van der Waals surface area contributed by atoms with Gasteiger partial charge in [0.1, 0.15) is 10.6 Å². The molecule has 0 fully saturated rings. The number of primary sulfonamides is 1. The maximum Gasteiger partial charge on any atom is 0.238 e. The lowest BCUT2D eigenvalue weighted by atomic mass is 10.0. The Bertz CT molecular complexity index is 837. The molecule has 0 aliphatic heterocycles. The van der Waals surface area contributed by atoms with Crippen molar-refractivity contribution in [3.05, 3.63) is 58.6 Å². The number of methoxy groups -OCH3 is 1. The van der Waals surface area contributed by atoms with Crippen LogP contribution in [0.4, 0.5) is 0 Å². The third-order valence-corrected chi connectivity index (χ3v) is 5.34. The van der Waals surface area contributed by atoms with Crippen molar-refractivity contribution in [1.29, 1.82) is 0 Å². The molecule has 0 radical (unpaired) electrons. The summed E-state index contributed by atoms with van der Waals surface area (Å²) in [6.07, 6.45) is 0. The van der Waals surface area contributed by atoms with Crippen LogP contribution in [0.15, 0.2) is 47.4 Å². The Kier molecular flexibility index (Phi) is 5.46. The van der Waals surface area contributed by atoms with Gasteiger partial charge in [0.05, 0.1) is 17.0 Å². The number of nitrogens with two attached hydrogens (primary N) is 1. The average molecular weight is 419 g/mol. The smallest absolute Gasteiger partial charge is 0.238 e. The van der Waals surface area contributed by atoms with Crippen LogP contribution in [0.2, 0.25) is 5.02 Å². The Morgan fingerprint density at radius 2 is 1.83 bits per heavy atom. The van der Waals surface area contributed by atoms with Gasteiger partial charge in [-0.15, -0.1) is 0 Å². The number of sulfonamides is 1. The maximum absolute atomic E-state index is 12.5. The third kappa shape index (κ3) is 4.11. The zero-order chi connectivity index (χ0) is 17.2. The van der Waals surface area contributed by atoms with Crippen molar-refractivity contribution in [1.82, 2.24) is 0 Å². The molecule has 2 aromatic carbocycles. The van der Waals surface area contributed by atoms with Crippen LogP contribution in [0.3, 0.4) is 0 Å². The van der Waals surface area contributed by atoms with Crippen molar-refractivity contribution in [3.63, 3.8) is 0 Å². The molecule has 2 N–H and O–H groups in total. The van der Waals surface area contributed by atoms with Crippen LogP contribution >= 0.6 is 27.5 Å². The maximum atomic E-state index is 12.5. The van der Waals surface area contributed by atoms with Crippen LogP contribution in [-0.4, -0.2) is 21.3 Å². The first kappa shape index (κ1) is 17.9. The van der Waals surface area contributed by atoms with E-state index in [-0.39, 0.29) is 10.7 Å². The zero-order valence-corrected chi connectivity index (χ0v) is 15.2. The predicted molar refractivity (Wildman–Crippen MR) is 91.8 cm³/mol. The van der Waals surface area contributed by atoms with Crippen LogP contribution in [-0.2, 0) is 10.0 Å². The van der Waals surface area contributed by atoms with Crippen LogP contribution in [0, 0.1) is 0 Å². The summed E-state index contributed by atoms with van der Waals surface area (Å²) in [6.45, 7) is 0. The Labute approximate surface area is 147 Å². The lowest BCUT2D eigenvalue weighted by molar-refractivity contribution is 0.0991. The number of ketones is 1. The van der Waals surface area contributed by atoms with E-state index < -0.39 is 14.9 Å². The molecular weight excluding hydrogens is 406 g/mol. The highest BCUT2D eigenvalue weighted by atomic mass is 79.9. The van der Waals surface area contributed by atoms with Gasteiger partial charge in [-0.05, 0) is 35.9 Å². The largest absolute Gasteiger partial charge is 0.495 e. The van der Waals surface area contributed by atoms with E-state index in [4.69, 9.17) is 21.5 Å². The Morgan fingerprint density at radius 3 is 2.30 bits per heavy atom. The number of benzene rings is 2. The van der Waals surface area contributed by atoms with E-state index in [9.17, 15) is 13.2 Å². The van der Waals surface area contributed by atoms with Crippen LogP contribution in [0.25, 0.3) is 0 Å².